The summed E-state index contributed by atoms with van der Waals surface area (Å²) in [7, 11) is -4.24. The maximum absolute atomic E-state index is 15.1. The molecule has 2 aromatic rings. The van der Waals surface area contributed by atoms with Crippen molar-refractivity contribution in [3.05, 3.63) is 58.6 Å². The second-order valence-corrected chi connectivity index (χ2v) is 10.4. The molecule has 0 unspecified atom stereocenters. The lowest BCUT2D eigenvalue weighted by Crippen LogP contribution is -2.57. The predicted molar refractivity (Wildman–Crippen MR) is 104 cm³/mol. The van der Waals surface area contributed by atoms with E-state index in [0.717, 1.165) is 12.1 Å². The van der Waals surface area contributed by atoms with Crippen molar-refractivity contribution in [3.63, 3.8) is 0 Å². The molecule has 0 N–H and O–H groups in total. The van der Waals surface area contributed by atoms with Crippen molar-refractivity contribution in [2.75, 3.05) is 6.61 Å². The molecule has 4 atom stereocenters. The largest absolute Gasteiger partial charge is 0.490 e. The fourth-order valence-electron chi connectivity index (χ4n) is 4.83. The summed E-state index contributed by atoms with van der Waals surface area (Å²) >= 11 is 5.91. The fourth-order valence-corrected chi connectivity index (χ4v) is 7.47. The van der Waals surface area contributed by atoms with Gasteiger partial charge in [-0.25, -0.2) is 17.2 Å². The first-order chi connectivity index (χ1) is 13.6. The van der Waals surface area contributed by atoms with Crippen molar-refractivity contribution >= 4 is 27.2 Å². The van der Waals surface area contributed by atoms with Gasteiger partial charge in [0.2, 0.25) is 0 Å². The Hall–Kier alpha value is -1.99. The summed E-state index contributed by atoms with van der Waals surface area (Å²) in [5.41, 5.74) is -0.324. The maximum Gasteiger partial charge on any atom is 0.188 e. The third-order valence-corrected chi connectivity index (χ3v) is 9.02. The SMILES string of the molecule is C[C@@H]1C[C@@]2(S(=O)(=O)c3ccc(Cl)cc3)c3c(F)ccc(F)c3OC[C@H]2[C@H](C)C1=O. The average molecular weight is 441 g/mol. The molecule has 154 valence electrons. The molecule has 0 saturated heterocycles. The zero-order valence-electron chi connectivity index (χ0n) is 15.8. The first-order valence-corrected chi connectivity index (χ1v) is 11.1. The molecule has 0 spiro atoms. The molecule has 1 saturated carbocycles. The van der Waals surface area contributed by atoms with Gasteiger partial charge < -0.3 is 4.74 Å². The highest BCUT2D eigenvalue weighted by atomic mass is 35.5. The van der Waals surface area contributed by atoms with Crippen LogP contribution in [-0.4, -0.2) is 20.8 Å². The van der Waals surface area contributed by atoms with Gasteiger partial charge in [0.05, 0.1) is 17.1 Å². The molecule has 1 aliphatic carbocycles. The van der Waals surface area contributed by atoms with E-state index in [1.165, 1.54) is 24.3 Å². The Labute approximate surface area is 172 Å². The number of halogens is 3. The summed E-state index contributed by atoms with van der Waals surface area (Å²) in [5, 5.41) is 0.350. The van der Waals surface area contributed by atoms with Crippen LogP contribution in [0.2, 0.25) is 5.02 Å². The number of fused-ring (bicyclic) bond motifs is 3. The zero-order chi connectivity index (χ0) is 21.1. The molecular weight excluding hydrogens is 422 g/mol. The van der Waals surface area contributed by atoms with Gasteiger partial charge in [0.1, 0.15) is 16.3 Å². The van der Waals surface area contributed by atoms with Crippen LogP contribution in [0.3, 0.4) is 0 Å². The maximum atomic E-state index is 15.1. The third kappa shape index (κ3) is 2.74. The van der Waals surface area contributed by atoms with E-state index in [9.17, 15) is 17.6 Å². The summed E-state index contributed by atoms with van der Waals surface area (Å²) in [5.74, 6) is -4.39. The number of Topliss-reactive ketones (excluding diaryl/α,β-unsaturated/α-hetero) is 1. The summed E-state index contributed by atoms with van der Waals surface area (Å²) in [6.45, 7) is 3.06. The topological polar surface area (TPSA) is 60.4 Å². The number of carbonyl (C=O) groups is 1. The Morgan fingerprint density at radius 2 is 1.69 bits per heavy atom. The number of benzene rings is 2. The number of carbonyl (C=O) groups excluding carboxylic acids is 1. The van der Waals surface area contributed by atoms with E-state index in [-0.39, 0.29) is 29.3 Å². The molecule has 8 heteroatoms. The van der Waals surface area contributed by atoms with Crippen LogP contribution >= 0.6 is 11.6 Å². The van der Waals surface area contributed by atoms with Crippen LogP contribution in [0.5, 0.6) is 5.75 Å². The van der Waals surface area contributed by atoms with Crippen molar-refractivity contribution in [2.45, 2.75) is 29.9 Å². The molecule has 4 nitrogen and oxygen atoms in total. The van der Waals surface area contributed by atoms with Crippen molar-refractivity contribution in [1.82, 2.24) is 0 Å². The monoisotopic (exact) mass is 440 g/mol. The third-order valence-electron chi connectivity index (χ3n) is 6.24. The van der Waals surface area contributed by atoms with Gasteiger partial charge in [0, 0.05) is 22.8 Å². The van der Waals surface area contributed by atoms with E-state index in [2.05, 4.69) is 0 Å². The first-order valence-electron chi connectivity index (χ1n) is 9.26. The van der Waals surface area contributed by atoms with E-state index in [1.54, 1.807) is 13.8 Å². The number of sulfone groups is 1. The highest BCUT2D eigenvalue weighted by Gasteiger charge is 2.63. The van der Waals surface area contributed by atoms with Crippen LogP contribution in [0.1, 0.15) is 25.8 Å². The Balaban J connectivity index is 2.08. The second-order valence-electron chi connectivity index (χ2n) is 7.79. The summed E-state index contributed by atoms with van der Waals surface area (Å²) in [6.07, 6.45) is -0.150. The van der Waals surface area contributed by atoms with Gasteiger partial charge in [-0.05, 0) is 42.8 Å². The normalized spacial score (nSPS) is 29.0. The minimum Gasteiger partial charge on any atom is -0.490 e. The van der Waals surface area contributed by atoms with Crippen LogP contribution in [0.15, 0.2) is 41.3 Å². The summed E-state index contributed by atoms with van der Waals surface area (Å²) in [6, 6.07) is 7.39. The smallest absolute Gasteiger partial charge is 0.188 e. The van der Waals surface area contributed by atoms with Gasteiger partial charge >= 0.3 is 0 Å². The predicted octanol–water partition coefficient (Wildman–Crippen LogP) is 4.54. The van der Waals surface area contributed by atoms with E-state index in [0.29, 0.717) is 5.02 Å². The molecule has 0 radical (unpaired) electrons. The first kappa shape index (κ1) is 20.3. The lowest BCUT2D eigenvalue weighted by Gasteiger charge is -2.50. The highest BCUT2D eigenvalue weighted by Crippen LogP contribution is 2.58. The minimum absolute atomic E-state index is 0.0582. The van der Waals surface area contributed by atoms with Gasteiger partial charge in [-0.3, -0.25) is 4.79 Å². The Kier molecular flexibility index (Phi) is 4.74. The van der Waals surface area contributed by atoms with E-state index < -0.39 is 49.7 Å². The molecule has 1 heterocycles. The van der Waals surface area contributed by atoms with Crippen molar-refractivity contribution in [3.8, 4) is 5.75 Å². The Morgan fingerprint density at radius 3 is 2.34 bits per heavy atom. The fraction of sp³-hybridized carbons (Fsp3) is 0.381. The number of ether oxygens (including phenoxy) is 1. The van der Waals surface area contributed by atoms with Crippen LogP contribution < -0.4 is 4.74 Å². The molecule has 29 heavy (non-hydrogen) atoms. The van der Waals surface area contributed by atoms with Gasteiger partial charge in [-0.1, -0.05) is 25.4 Å². The average Bonchev–Trinajstić information content (AvgIpc) is 2.68. The lowest BCUT2D eigenvalue weighted by atomic mass is 9.64. The van der Waals surface area contributed by atoms with E-state index in [4.69, 9.17) is 16.3 Å². The van der Waals surface area contributed by atoms with Crippen molar-refractivity contribution in [2.24, 2.45) is 17.8 Å². The molecule has 0 aromatic heterocycles. The van der Waals surface area contributed by atoms with Gasteiger partial charge in [-0.15, -0.1) is 0 Å². The molecule has 2 aromatic carbocycles. The van der Waals surface area contributed by atoms with Crippen LogP contribution in [-0.2, 0) is 19.4 Å². The van der Waals surface area contributed by atoms with E-state index in [1.807, 2.05) is 0 Å². The Bertz CT molecular complexity index is 1100. The summed E-state index contributed by atoms with van der Waals surface area (Å²) < 4.78 is 61.2. The van der Waals surface area contributed by atoms with Crippen molar-refractivity contribution < 1.29 is 26.7 Å². The highest BCUT2D eigenvalue weighted by molar-refractivity contribution is 7.92. The number of ketones is 1. The van der Waals surface area contributed by atoms with Gasteiger partial charge in [0.15, 0.2) is 21.4 Å². The minimum atomic E-state index is -4.24. The molecule has 0 amide bonds. The molecule has 0 bridgehead atoms. The quantitative estimate of drug-likeness (QED) is 0.687. The van der Waals surface area contributed by atoms with Gasteiger partial charge in [0.25, 0.3) is 0 Å². The molecule has 1 fully saturated rings. The number of rotatable bonds is 2. The molecular formula is C21H19ClF2O4S. The molecule has 2 aliphatic rings. The molecule has 1 aliphatic heterocycles. The Morgan fingerprint density at radius 1 is 1.07 bits per heavy atom. The lowest BCUT2D eigenvalue weighted by molar-refractivity contribution is -0.133. The number of hydrogen-bond acceptors (Lipinski definition) is 4. The summed E-state index contributed by atoms with van der Waals surface area (Å²) in [4.78, 5) is 12.6. The standard InChI is InChI=1S/C21H19ClF2O4S/c1-11-9-21(29(26,27)14-5-3-13(22)4-6-14)15(12(2)19(11)25)10-28-20-17(24)8-7-16(23)18(20)21/h3-8,11-12,15H,9-10H2,1-2H3/t11-,12+,15+,21+/m1/s1. The van der Waals surface area contributed by atoms with Crippen LogP contribution in [0.4, 0.5) is 8.78 Å². The van der Waals surface area contributed by atoms with E-state index >= 15 is 4.39 Å². The zero-order valence-corrected chi connectivity index (χ0v) is 17.4. The second kappa shape index (κ2) is 6.77. The number of hydrogen-bond donors (Lipinski definition) is 0. The van der Waals surface area contributed by atoms with Crippen LogP contribution in [0, 0.1) is 29.4 Å². The molecule has 4 rings (SSSR count). The van der Waals surface area contributed by atoms with Gasteiger partial charge in [-0.2, -0.15) is 0 Å². The van der Waals surface area contributed by atoms with Crippen LogP contribution in [0.25, 0.3) is 0 Å². The van der Waals surface area contributed by atoms with Crippen molar-refractivity contribution in [1.29, 1.82) is 0 Å².